The van der Waals surface area contributed by atoms with Crippen LogP contribution in [-0.4, -0.2) is 29.7 Å². The summed E-state index contributed by atoms with van der Waals surface area (Å²) in [4.78, 5) is 15.9. The van der Waals surface area contributed by atoms with Gasteiger partial charge in [0.2, 0.25) is 11.8 Å². The minimum atomic E-state index is -3.75. The molecule has 0 fully saturated rings. The van der Waals surface area contributed by atoms with E-state index in [2.05, 4.69) is 15.5 Å². The molecule has 1 amide bonds. The summed E-state index contributed by atoms with van der Waals surface area (Å²) in [5, 5.41) is 5.32. The number of anilines is 1. The molecule has 0 saturated heterocycles. The zero-order valence-electron chi connectivity index (χ0n) is 11.9. The van der Waals surface area contributed by atoms with Crippen LogP contribution < -0.4 is 5.32 Å². The van der Waals surface area contributed by atoms with E-state index in [4.69, 9.17) is 16.1 Å². The van der Waals surface area contributed by atoms with Crippen LogP contribution in [0.5, 0.6) is 0 Å². The lowest BCUT2D eigenvalue weighted by atomic mass is 10.3. The van der Waals surface area contributed by atoms with Gasteiger partial charge in [-0.15, -0.1) is 0 Å². The Hall–Kier alpha value is -1.93. The van der Waals surface area contributed by atoms with E-state index in [1.165, 1.54) is 6.92 Å². The van der Waals surface area contributed by atoms with Crippen molar-refractivity contribution in [3.8, 4) is 0 Å². The highest BCUT2D eigenvalue weighted by molar-refractivity contribution is 7.92. The number of carbonyl (C=O) groups excluding carboxylic acids is 1. The fraction of sp³-hybridized carbons (Fsp3) is 0.308. The van der Waals surface area contributed by atoms with Gasteiger partial charge in [0.1, 0.15) is 11.0 Å². The van der Waals surface area contributed by atoms with E-state index in [9.17, 15) is 13.2 Å². The van der Waals surface area contributed by atoms with Crippen LogP contribution in [0.2, 0.25) is 5.02 Å². The third kappa shape index (κ3) is 4.05. The molecular formula is C13H14ClN3O4S. The molecule has 0 unspecified atom stereocenters. The monoisotopic (exact) mass is 343 g/mol. The third-order valence-electron chi connectivity index (χ3n) is 2.92. The molecule has 0 saturated carbocycles. The van der Waals surface area contributed by atoms with Crippen molar-refractivity contribution in [3.05, 3.63) is 41.0 Å². The highest BCUT2D eigenvalue weighted by Gasteiger charge is 2.29. The van der Waals surface area contributed by atoms with Crippen molar-refractivity contribution in [2.75, 3.05) is 5.32 Å². The summed E-state index contributed by atoms with van der Waals surface area (Å²) in [6.45, 7) is 2.87. The van der Waals surface area contributed by atoms with Crippen molar-refractivity contribution in [2.24, 2.45) is 0 Å². The Morgan fingerprint density at radius 1 is 1.36 bits per heavy atom. The van der Waals surface area contributed by atoms with Crippen LogP contribution in [0.4, 0.5) is 5.69 Å². The molecule has 7 nitrogen and oxygen atoms in total. The number of nitrogens with zero attached hydrogens (tertiary/aromatic N) is 2. The number of rotatable bonds is 5. The Morgan fingerprint density at radius 3 is 2.55 bits per heavy atom. The first-order valence-electron chi connectivity index (χ1n) is 6.35. The molecule has 1 heterocycles. The molecule has 2 rings (SSSR count). The summed E-state index contributed by atoms with van der Waals surface area (Å²) in [6, 6.07) is 6.36. The molecule has 0 spiro atoms. The van der Waals surface area contributed by atoms with Gasteiger partial charge in [0.25, 0.3) is 0 Å². The van der Waals surface area contributed by atoms with E-state index in [0.29, 0.717) is 10.7 Å². The fourth-order valence-corrected chi connectivity index (χ4v) is 2.88. The Labute approximate surface area is 132 Å². The molecule has 118 valence electrons. The number of hydrogen-bond donors (Lipinski definition) is 1. The summed E-state index contributed by atoms with van der Waals surface area (Å²) in [5.41, 5.74) is 0.465. The summed E-state index contributed by atoms with van der Waals surface area (Å²) < 4.78 is 29.1. The number of aromatic nitrogens is 2. The number of hydrogen-bond acceptors (Lipinski definition) is 6. The van der Waals surface area contributed by atoms with Crippen LogP contribution in [0.15, 0.2) is 28.8 Å². The molecule has 2 aromatic rings. The van der Waals surface area contributed by atoms with Crippen LogP contribution in [0, 0.1) is 6.92 Å². The van der Waals surface area contributed by atoms with Gasteiger partial charge in [-0.25, -0.2) is 8.42 Å². The SMILES string of the molecule is Cc1nc(CS(=O)(=O)[C@H](C)C(=O)Nc2ccc(Cl)cc2)no1. The topological polar surface area (TPSA) is 102 Å². The first-order valence-corrected chi connectivity index (χ1v) is 8.44. The molecule has 1 aromatic heterocycles. The Morgan fingerprint density at radius 2 is 2.00 bits per heavy atom. The standard InChI is InChI=1S/C13H14ClN3O4S/c1-8(13(18)16-11-5-3-10(14)4-6-11)22(19,20)7-12-15-9(2)21-17-12/h3-6,8H,7H2,1-2H3,(H,16,18)/t8-/m1/s1. The third-order valence-corrected chi connectivity index (χ3v) is 5.12. The quantitative estimate of drug-likeness (QED) is 0.890. The van der Waals surface area contributed by atoms with Crippen molar-refractivity contribution < 1.29 is 17.7 Å². The average molecular weight is 344 g/mol. The molecule has 9 heteroatoms. The maximum absolute atomic E-state index is 12.2. The smallest absolute Gasteiger partial charge is 0.242 e. The van der Waals surface area contributed by atoms with Crippen LogP contribution in [0.3, 0.4) is 0 Å². The summed E-state index contributed by atoms with van der Waals surface area (Å²) >= 11 is 5.74. The highest BCUT2D eigenvalue weighted by Crippen LogP contribution is 2.15. The van der Waals surface area contributed by atoms with E-state index in [1.54, 1.807) is 31.2 Å². The number of sulfone groups is 1. The van der Waals surface area contributed by atoms with Crippen LogP contribution in [0.25, 0.3) is 0 Å². The fourth-order valence-electron chi connectivity index (χ4n) is 1.65. The molecule has 0 bridgehead atoms. The molecule has 0 aliphatic rings. The van der Waals surface area contributed by atoms with Gasteiger partial charge < -0.3 is 9.84 Å². The van der Waals surface area contributed by atoms with E-state index in [0.717, 1.165) is 0 Å². The lowest BCUT2D eigenvalue weighted by Gasteiger charge is -2.12. The lowest BCUT2D eigenvalue weighted by Crippen LogP contribution is -2.33. The molecule has 1 N–H and O–H groups in total. The van der Waals surface area contributed by atoms with Gasteiger partial charge in [0, 0.05) is 17.6 Å². The average Bonchev–Trinajstić information content (AvgIpc) is 2.85. The van der Waals surface area contributed by atoms with Crippen LogP contribution in [-0.2, 0) is 20.4 Å². The molecule has 1 atom stereocenters. The minimum Gasteiger partial charge on any atom is -0.340 e. The molecule has 0 aliphatic carbocycles. The first-order chi connectivity index (χ1) is 10.3. The van der Waals surface area contributed by atoms with Crippen molar-refractivity contribution in [3.63, 3.8) is 0 Å². The number of halogens is 1. The second-order valence-electron chi connectivity index (χ2n) is 4.68. The highest BCUT2D eigenvalue weighted by atomic mass is 35.5. The largest absolute Gasteiger partial charge is 0.340 e. The predicted octanol–water partition coefficient (Wildman–Crippen LogP) is 1.97. The van der Waals surface area contributed by atoms with Crippen molar-refractivity contribution in [2.45, 2.75) is 24.9 Å². The van der Waals surface area contributed by atoms with Crippen molar-refractivity contribution in [1.82, 2.24) is 10.1 Å². The molecular weight excluding hydrogens is 330 g/mol. The van der Waals surface area contributed by atoms with Gasteiger partial charge in [0.05, 0.1) is 0 Å². The second-order valence-corrected chi connectivity index (χ2v) is 7.43. The molecule has 0 aliphatic heterocycles. The van der Waals surface area contributed by atoms with E-state index in [-0.39, 0.29) is 11.7 Å². The van der Waals surface area contributed by atoms with Crippen molar-refractivity contribution in [1.29, 1.82) is 0 Å². The van der Waals surface area contributed by atoms with E-state index in [1.807, 2.05) is 0 Å². The van der Waals surface area contributed by atoms with E-state index >= 15 is 0 Å². The number of carbonyl (C=O) groups is 1. The zero-order chi connectivity index (χ0) is 16.3. The zero-order valence-corrected chi connectivity index (χ0v) is 13.5. The van der Waals surface area contributed by atoms with Gasteiger partial charge >= 0.3 is 0 Å². The molecule has 22 heavy (non-hydrogen) atoms. The Kier molecular flexibility index (Phi) is 4.82. The van der Waals surface area contributed by atoms with Crippen molar-refractivity contribution >= 4 is 33.0 Å². The predicted molar refractivity (Wildman–Crippen MR) is 81.2 cm³/mol. The maximum atomic E-state index is 12.2. The number of benzene rings is 1. The van der Waals surface area contributed by atoms with Gasteiger partial charge in [-0.05, 0) is 31.2 Å². The normalized spacial score (nSPS) is 12.9. The minimum absolute atomic E-state index is 0.0312. The number of amides is 1. The Bertz CT molecular complexity index is 771. The van der Waals surface area contributed by atoms with Crippen LogP contribution >= 0.6 is 11.6 Å². The summed E-state index contributed by atoms with van der Waals surface area (Å²) in [5.74, 6) is -0.797. The summed E-state index contributed by atoms with van der Waals surface area (Å²) in [7, 11) is -3.75. The van der Waals surface area contributed by atoms with E-state index < -0.39 is 26.7 Å². The summed E-state index contributed by atoms with van der Waals surface area (Å²) in [6.07, 6.45) is 0. The van der Waals surface area contributed by atoms with Crippen LogP contribution in [0.1, 0.15) is 18.6 Å². The lowest BCUT2D eigenvalue weighted by molar-refractivity contribution is -0.115. The molecule has 0 radical (unpaired) electrons. The Balaban J connectivity index is 2.06. The first kappa shape index (κ1) is 16.4. The molecule has 1 aromatic carbocycles. The number of nitrogens with one attached hydrogen (secondary N) is 1. The van der Waals surface area contributed by atoms with Gasteiger partial charge in [-0.2, -0.15) is 4.98 Å². The second kappa shape index (κ2) is 6.45. The number of aryl methyl sites for hydroxylation is 1. The van der Waals surface area contributed by atoms with Gasteiger partial charge in [-0.1, -0.05) is 16.8 Å². The van der Waals surface area contributed by atoms with Gasteiger partial charge in [0.15, 0.2) is 15.7 Å². The van der Waals surface area contributed by atoms with Gasteiger partial charge in [-0.3, -0.25) is 4.79 Å². The maximum Gasteiger partial charge on any atom is 0.242 e.